The highest BCUT2D eigenvalue weighted by molar-refractivity contribution is 6.01. The molecule has 6 N–H and O–H groups in total. The molecule has 6 heterocycles. The number of nitrogens with two attached hydrogens (primary N) is 2. The van der Waals surface area contributed by atoms with E-state index >= 15 is 0 Å². The van der Waals surface area contributed by atoms with Gasteiger partial charge < -0.3 is 60.2 Å². The van der Waals surface area contributed by atoms with Crippen LogP contribution in [0, 0.1) is 0 Å². The van der Waals surface area contributed by atoms with Crippen molar-refractivity contribution in [2.45, 2.75) is 64.3 Å². The number of nitrogens with one attached hydrogen (secondary N) is 2. The number of carbonyl (C=O) groups is 2. The molecule has 4 amide bonds. The molecule has 348 valence electrons. The Morgan fingerprint density at radius 3 is 1.79 bits per heavy atom. The number of carbonyl (C=O) groups excluding carboxylic acids is 2. The van der Waals surface area contributed by atoms with Gasteiger partial charge in [-0.1, -0.05) is 54.6 Å². The molecule has 4 aromatic carbocycles. The van der Waals surface area contributed by atoms with E-state index in [4.69, 9.17) is 25.4 Å². The number of urea groups is 2. The quantitative estimate of drug-likeness (QED) is 0.0788. The van der Waals surface area contributed by atoms with Crippen molar-refractivity contribution >= 4 is 56.7 Å². The normalized spacial score (nSPS) is 16.4. The third-order valence-electron chi connectivity index (χ3n) is 13.5. The molecule has 0 aliphatic carbocycles. The van der Waals surface area contributed by atoms with Gasteiger partial charge in [-0.05, 0) is 106 Å². The third-order valence-corrected chi connectivity index (χ3v) is 13.5. The maximum absolute atomic E-state index is 11.5. The number of furan rings is 1. The van der Waals surface area contributed by atoms with Crippen LogP contribution in [0.4, 0.5) is 32.3 Å². The first-order valence-corrected chi connectivity index (χ1v) is 24.0. The van der Waals surface area contributed by atoms with E-state index in [0.717, 1.165) is 181 Å². The fraction of sp³-hybridized carbons (Fsp3) is 0.423. The molecule has 0 atom stereocenters. The second-order valence-corrected chi connectivity index (χ2v) is 17.9. The minimum Gasteiger partial charge on any atom is -0.491 e. The average molecular weight is 896 g/mol. The zero-order valence-corrected chi connectivity index (χ0v) is 38.1. The van der Waals surface area contributed by atoms with Gasteiger partial charge in [-0.15, -0.1) is 0 Å². The Bertz CT molecular complexity index is 2600. The van der Waals surface area contributed by atoms with Crippen molar-refractivity contribution in [3.63, 3.8) is 0 Å². The molecule has 0 spiro atoms. The summed E-state index contributed by atoms with van der Waals surface area (Å²) in [5.74, 6) is 3.00. The molecule has 0 unspecified atom stereocenters. The highest BCUT2D eigenvalue weighted by Crippen LogP contribution is 2.38. The van der Waals surface area contributed by atoms with Crippen molar-refractivity contribution in [3.05, 3.63) is 108 Å². The Hall–Kier alpha value is -6.38. The molecule has 14 nitrogen and oxygen atoms in total. The van der Waals surface area contributed by atoms with Gasteiger partial charge in [0, 0.05) is 82.0 Å². The molecule has 4 aliphatic rings. The van der Waals surface area contributed by atoms with Crippen LogP contribution in [0.5, 0.6) is 11.5 Å². The summed E-state index contributed by atoms with van der Waals surface area (Å²) in [5, 5.41) is 7.42. The Kier molecular flexibility index (Phi) is 14.5. The monoisotopic (exact) mass is 896 g/mol. The third kappa shape index (κ3) is 10.7. The molecule has 66 heavy (non-hydrogen) atoms. The maximum atomic E-state index is 11.5. The van der Waals surface area contributed by atoms with Gasteiger partial charge in [-0.25, -0.2) is 9.59 Å². The number of unbranched alkanes of at least 4 members (excludes halogenated alkanes) is 2. The van der Waals surface area contributed by atoms with Crippen LogP contribution in [0.25, 0.3) is 21.9 Å². The van der Waals surface area contributed by atoms with E-state index in [9.17, 15) is 9.59 Å². The summed E-state index contributed by atoms with van der Waals surface area (Å²) in [7, 11) is 0. The number of rotatable bonds is 14. The first-order chi connectivity index (χ1) is 32.4. The van der Waals surface area contributed by atoms with Crippen LogP contribution < -0.4 is 41.4 Å². The largest absolute Gasteiger partial charge is 0.491 e. The fourth-order valence-corrected chi connectivity index (χ4v) is 10.2. The van der Waals surface area contributed by atoms with E-state index in [1.807, 2.05) is 48.7 Å². The maximum Gasteiger partial charge on any atom is 0.316 e. The molecular formula is C52H65N9O5. The molecule has 2 aromatic heterocycles. The number of para-hydroxylation sites is 4. The SMILES string of the molecule is NC(=O)Nc1c(CCCCN2CCCN(c3cccc4c3OCC4)CC2)oc2ccccc12.NC(=O)Nc1cn(CCCCN2CCCN(c3cccc4c3OCC4)CC2)c2ccccc12. The van der Waals surface area contributed by atoms with E-state index < -0.39 is 12.1 Å². The molecule has 0 radical (unpaired) electrons. The number of nitrogens with zero attached hydrogens (tertiary/aromatic N) is 5. The first-order valence-electron chi connectivity index (χ1n) is 24.0. The number of aryl methyl sites for hydroxylation is 2. The van der Waals surface area contributed by atoms with Crippen molar-refractivity contribution in [2.24, 2.45) is 11.5 Å². The van der Waals surface area contributed by atoms with Crippen molar-refractivity contribution in [1.29, 1.82) is 0 Å². The zero-order valence-electron chi connectivity index (χ0n) is 38.1. The second-order valence-electron chi connectivity index (χ2n) is 17.9. The second kappa shape index (κ2) is 21.3. The topological polar surface area (TPSA) is 160 Å². The fourth-order valence-electron chi connectivity index (χ4n) is 10.2. The minimum atomic E-state index is -0.564. The van der Waals surface area contributed by atoms with Crippen molar-refractivity contribution in [1.82, 2.24) is 14.4 Å². The Morgan fingerprint density at radius 1 is 0.576 bits per heavy atom. The number of fused-ring (bicyclic) bond motifs is 4. The number of hydrogen-bond acceptors (Lipinski definition) is 9. The Morgan fingerprint density at radius 2 is 1.15 bits per heavy atom. The summed E-state index contributed by atoms with van der Waals surface area (Å²) in [4.78, 5) is 33.0. The summed E-state index contributed by atoms with van der Waals surface area (Å²) < 4.78 is 20.1. The van der Waals surface area contributed by atoms with E-state index in [1.54, 1.807) is 0 Å². The summed E-state index contributed by atoms with van der Waals surface area (Å²) in [5.41, 5.74) is 19.3. The highest BCUT2D eigenvalue weighted by Gasteiger charge is 2.24. The van der Waals surface area contributed by atoms with Gasteiger partial charge in [0.2, 0.25) is 0 Å². The van der Waals surface area contributed by atoms with Crippen LogP contribution in [0.1, 0.15) is 55.4 Å². The van der Waals surface area contributed by atoms with Gasteiger partial charge in [0.15, 0.2) is 0 Å². The van der Waals surface area contributed by atoms with E-state index in [-0.39, 0.29) is 0 Å². The van der Waals surface area contributed by atoms with Gasteiger partial charge in [0.05, 0.1) is 41.5 Å². The lowest BCUT2D eigenvalue weighted by Crippen LogP contribution is -2.31. The molecule has 2 fully saturated rings. The number of primary amides is 2. The van der Waals surface area contributed by atoms with Crippen molar-refractivity contribution in [3.8, 4) is 11.5 Å². The first kappa shape index (κ1) is 44.8. The molecule has 6 aromatic rings. The molecular weight excluding hydrogens is 831 g/mol. The Labute approximate surface area is 387 Å². The highest BCUT2D eigenvalue weighted by atomic mass is 16.5. The predicted octanol–water partition coefficient (Wildman–Crippen LogP) is 8.45. The number of benzene rings is 4. The molecule has 10 rings (SSSR count). The molecule has 0 bridgehead atoms. The number of ether oxygens (including phenoxy) is 2. The van der Waals surface area contributed by atoms with Crippen molar-refractivity contribution < 1.29 is 23.5 Å². The van der Waals surface area contributed by atoms with Gasteiger partial charge >= 0.3 is 12.1 Å². The van der Waals surface area contributed by atoms with Crippen LogP contribution in [-0.4, -0.2) is 105 Å². The van der Waals surface area contributed by atoms with Gasteiger partial charge in [-0.3, -0.25) is 0 Å². The number of amides is 4. The smallest absolute Gasteiger partial charge is 0.316 e. The van der Waals surface area contributed by atoms with Gasteiger partial charge in [0.1, 0.15) is 22.8 Å². The number of aromatic nitrogens is 1. The molecule has 2 saturated heterocycles. The van der Waals surface area contributed by atoms with Gasteiger partial charge in [0.25, 0.3) is 0 Å². The summed E-state index contributed by atoms with van der Waals surface area (Å²) >= 11 is 0. The summed E-state index contributed by atoms with van der Waals surface area (Å²) in [6.45, 7) is 13.3. The van der Waals surface area contributed by atoms with Crippen LogP contribution in [0.15, 0.2) is 95.5 Å². The van der Waals surface area contributed by atoms with E-state index in [1.165, 1.54) is 28.9 Å². The van der Waals surface area contributed by atoms with Crippen LogP contribution in [-0.2, 0) is 25.8 Å². The lowest BCUT2D eigenvalue weighted by atomic mass is 10.1. The Balaban J connectivity index is 0.000000166. The zero-order chi connectivity index (χ0) is 45.2. The predicted molar refractivity (Wildman–Crippen MR) is 265 cm³/mol. The molecule has 4 aliphatic heterocycles. The van der Waals surface area contributed by atoms with Crippen LogP contribution in [0.3, 0.4) is 0 Å². The summed E-state index contributed by atoms with van der Waals surface area (Å²) in [6.07, 6.45) is 11.5. The molecule has 14 heteroatoms. The van der Waals surface area contributed by atoms with Crippen LogP contribution >= 0.6 is 0 Å². The number of anilines is 4. The standard InChI is InChI=1S/C26H33N5O2.C26H32N4O3/c27-26(32)28-22-19-31(23-9-2-1-8-21(22)23)14-4-3-12-29-13-6-15-30(17-16-29)24-10-5-7-20-11-18-33-25(20)24;27-26(31)28-24-20-8-1-2-10-22(20)33-23(24)11-3-4-13-29-14-6-15-30(17-16-29)21-9-5-7-19-12-18-32-25(19)21/h1-2,5,7-10,19H,3-4,6,11-18H2,(H3,27,28,32);1-2,5,7-10H,3-4,6,11-18H2,(H3,27,28,31). The van der Waals surface area contributed by atoms with E-state index in [2.05, 4.69) is 77.3 Å². The average Bonchev–Trinajstić information content (AvgIpc) is 4.08. The van der Waals surface area contributed by atoms with E-state index in [0.29, 0.717) is 5.69 Å². The van der Waals surface area contributed by atoms with Crippen molar-refractivity contribution in [2.75, 3.05) is 99.1 Å². The summed E-state index contributed by atoms with van der Waals surface area (Å²) in [6, 6.07) is 27.9. The minimum absolute atomic E-state index is 0.528. The van der Waals surface area contributed by atoms with Crippen LogP contribution in [0.2, 0.25) is 0 Å². The number of hydrogen-bond donors (Lipinski definition) is 4. The lowest BCUT2D eigenvalue weighted by molar-refractivity contribution is 0.258. The molecule has 0 saturated carbocycles. The lowest BCUT2D eigenvalue weighted by Gasteiger charge is -2.25. The van der Waals surface area contributed by atoms with Gasteiger partial charge in [-0.2, -0.15) is 0 Å².